The Morgan fingerprint density at radius 3 is 2.48 bits per heavy atom. The van der Waals surface area contributed by atoms with E-state index in [2.05, 4.69) is 27.1 Å². The van der Waals surface area contributed by atoms with Gasteiger partial charge in [0.25, 0.3) is 0 Å². The molecule has 1 saturated carbocycles. The molecule has 1 aliphatic heterocycles. The predicted octanol–water partition coefficient (Wildman–Crippen LogP) is 2.86. The van der Waals surface area contributed by atoms with Gasteiger partial charge in [-0.25, -0.2) is 13.1 Å². The fraction of sp³-hybridized carbons (Fsp3) is 0.652. The molecule has 2 aromatic rings. The van der Waals surface area contributed by atoms with E-state index < -0.39 is 9.84 Å². The molecular formula is C23H33ClN4O4S. The number of benzene rings is 1. The monoisotopic (exact) mass is 496 g/mol. The van der Waals surface area contributed by atoms with Crippen LogP contribution in [0, 0.1) is 0 Å². The molecule has 0 radical (unpaired) electrons. The van der Waals surface area contributed by atoms with Gasteiger partial charge in [0.2, 0.25) is 0 Å². The van der Waals surface area contributed by atoms with E-state index in [0.717, 1.165) is 43.0 Å². The number of aromatic nitrogens is 3. The maximum atomic E-state index is 11.9. The van der Waals surface area contributed by atoms with Gasteiger partial charge in [0, 0.05) is 42.9 Å². The van der Waals surface area contributed by atoms with Crippen molar-refractivity contribution in [2.75, 3.05) is 32.3 Å². The van der Waals surface area contributed by atoms with Crippen LogP contribution in [-0.4, -0.2) is 78.5 Å². The van der Waals surface area contributed by atoms with Crippen molar-refractivity contribution in [3.63, 3.8) is 0 Å². The molecule has 182 valence electrons. The molecule has 1 aromatic carbocycles. The minimum atomic E-state index is -3.11. The number of nitrogens with zero attached hydrogens (tertiary/aromatic N) is 4. The summed E-state index contributed by atoms with van der Waals surface area (Å²) in [6, 6.07) is 9.06. The van der Waals surface area contributed by atoms with Gasteiger partial charge in [0.15, 0.2) is 5.82 Å². The molecule has 0 bridgehead atoms. The molecule has 0 spiro atoms. The van der Waals surface area contributed by atoms with Crippen LogP contribution in [-0.2, 0) is 28.0 Å². The summed E-state index contributed by atoms with van der Waals surface area (Å²) in [6.45, 7) is 1.16. The summed E-state index contributed by atoms with van der Waals surface area (Å²) in [4.78, 5) is 7.03. The Kier molecular flexibility index (Phi) is 7.63. The summed E-state index contributed by atoms with van der Waals surface area (Å²) < 4.78 is 36.8. The largest absolute Gasteiger partial charge is 0.467 e. The smallest absolute Gasteiger partial charge is 0.314 e. The van der Waals surface area contributed by atoms with Crippen LogP contribution in [0.3, 0.4) is 0 Å². The summed E-state index contributed by atoms with van der Waals surface area (Å²) >= 11 is 6.06. The third-order valence-corrected chi connectivity index (χ3v) is 7.96. The van der Waals surface area contributed by atoms with E-state index in [4.69, 9.17) is 21.1 Å². The Hall–Kier alpha value is -1.68. The van der Waals surface area contributed by atoms with E-state index >= 15 is 0 Å². The van der Waals surface area contributed by atoms with Gasteiger partial charge < -0.3 is 9.47 Å². The summed E-state index contributed by atoms with van der Waals surface area (Å²) in [5, 5.41) is 5.27. The molecule has 1 aromatic heterocycles. The van der Waals surface area contributed by atoms with Crippen molar-refractivity contribution in [1.82, 2.24) is 19.7 Å². The van der Waals surface area contributed by atoms with Gasteiger partial charge in [-0.2, -0.15) is 10.1 Å². The van der Waals surface area contributed by atoms with E-state index in [1.54, 1.807) is 11.8 Å². The van der Waals surface area contributed by atoms with Crippen molar-refractivity contribution in [3.8, 4) is 6.01 Å². The zero-order valence-electron chi connectivity index (χ0n) is 19.5. The van der Waals surface area contributed by atoms with Crippen molar-refractivity contribution in [1.29, 1.82) is 0 Å². The maximum absolute atomic E-state index is 11.9. The molecule has 0 amide bonds. The van der Waals surface area contributed by atoms with E-state index in [9.17, 15) is 8.42 Å². The molecule has 1 saturated heterocycles. The molecule has 0 N–H and O–H groups in total. The van der Waals surface area contributed by atoms with Crippen molar-refractivity contribution < 1.29 is 17.9 Å². The SMILES string of the molecule is COc1nc(C2CCC(N3C[C@H](CS(C)(=O)=O)OC[C@@H]3Cc3ccc(Cl)cc3)CC2)nn1C. The van der Waals surface area contributed by atoms with Crippen molar-refractivity contribution in [2.24, 2.45) is 7.05 Å². The molecule has 2 atom stereocenters. The Morgan fingerprint density at radius 1 is 1.18 bits per heavy atom. The average molecular weight is 497 g/mol. The fourth-order valence-corrected chi connectivity index (χ4v) is 6.14. The van der Waals surface area contributed by atoms with Gasteiger partial charge in [-0.3, -0.25) is 4.90 Å². The van der Waals surface area contributed by atoms with Gasteiger partial charge in [0.1, 0.15) is 9.84 Å². The second kappa shape index (κ2) is 10.3. The Bertz CT molecular complexity index is 1040. The molecular weight excluding hydrogens is 464 g/mol. The number of sulfone groups is 1. The fourth-order valence-electron chi connectivity index (χ4n) is 5.14. The second-order valence-corrected chi connectivity index (χ2v) is 11.9. The number of methoxy groups -OCH3 is 1. The van der Waals surface area contributed by atoms with Crippen molar-refractivity contribution in [2.45, 2.75) is 56.2 Å². The van der Waals surface area contributed by atoms with Crippen LogP contribution in [0.4, 0.5) is 0 Å². The summed E-state index contributed by atoms with van der Waals surface area (Å²) in [5.74, 6) is 1.23. The standard InChI is InChI=1S/C23H33ClN4O4S/c1-27-23(31-2)25-22(26-27)17-6-10-19(11-7-17)28-13-21(15-33(3,29)30)32-14-20(28)12-16-4-8-18(24)9-5-16/h4-5,8-9,17,19-21H,6-7,10-15H2,1-3H3/t17?,19?,20-,21+/m0/s1. The number of hydrogen-bond acceptors (Lipinski definition) is 7. The van der Waals surface area contributed by atoms with E-state index in [1.165, 1.54) is 11.8 Å². The first-order valence-corrected chi connectivity index (χ1v) is 13.9. The lowest BCUT2D eigenvalue weighted by atomic mass is 9.83. The van der Waals surface area contributed by atoms with Crippen LogP contribution in [0.5, 0.6) is 6.01 Å². The number of halogens is 1. The molecule has 2 heterocycles. The molecule has 1 aliphatic carbocycles. The van der Waals surface area contributed by atoms with E-state index in [0.29, 0.717) is 31.1 Å². The van der Waals surface area contributed by atoms with Crippen LogP contribution in [0.25, 0.3) is 0 Å². The zero-order chi connectivity index (χ0) is 23.6. The summed E-state index contributed by atoms with van der Waals surface area (Å²) in [7, 11) is 0.348. The van der Waals surface area contributed by atoms with E-state index in [1.807, 2.05) is 19.2 Å². The average Bonchev–Trinajstić information content (AvgIpc) is 3.16. The van der Waals surface area contributed by atoms with Gasteiger partial charge in [-0.1, -0.05) is 23.7 Å². The topological polar surface area (TPSA) is 86.6 Å². The molecule has 2 aliphatic rings. The van der Waals surface area contributed by atoms with Gasteiger partial charge in [0.05, 0.1) is 25.6 Å². The van der Waals surface area contributed by atoms with Crippen LogP contribution in [0.1, 0.15) is 43.0 Å². The van der Waals surface area contributed by atoms with E-state index in [-0.39, 0.29) is 17.9 Å². The highest BCUT2D eigenvalue weighted by atomic mass is 35.5. The zero-order valence-corrected chi connectivity index (χ0v) is 21.1. The molecule has 8 nitrogen and oxygen atoms in total. The lowest BCUT2D eigenvalue weighted by molar-refractivity contribution is -0.0756. The first-order valence-electron chi connectivity index (χ1n) is 11.5. The highest BCUT2D eigenvalue weighted by Gasteiger charge is 2.37. The van der Waals surface area contributed by atoms with Crippen LogP contribution < -0.4 is 4.74 Å². The van der Waals surface area contributed by atoms with Crippen molar-refractivity contribution in [3.05, 3.63) is 40.7 Å². The molecule has 2 fully saturated rings. The number of ether oxygens (including phenoxy) is 2. The van der Waals surface area contributed by atoms with Crippen molar-refractivity contribution >= 4 is 21.4 Å². The third kappa shape index (κ3) is 6.26. The molecule has 4 rings (SSSR count). The summed E-state index contributed by atoms with van der Waals surface area (Å²) in [6.07, 6.45) is 5.88. The molecule has 0 unspecified atom stereocenters. The highest BCUT2D eigenvalue weighted by molar-refractivity contribution is 7.90. The lowest BCUT2D eigenvalue weighted by Crippen LogP contribution is -2.56. The summed E-state index contributed by atoms with van der Waals surface area (Å²) in [5.41, 5.74) is 1.21. The Labute approximate surface area is 201 Å². The molecule has 33 heavy (non-hydrogen) atoms. The number of rotatable bonds is 7. The van der Waals surface area contributed by atoms with Crippen LogP contribution in [0.15, 0.2) is 24.3 Å². The minimum absolute atomic E-state index is 0.0597. The highest BCUT2D eigenvalue weighted by Crippen LogP contribution is 2.36. The van der Waals surface area contributed by atoms with Gasteiger partial charge in [-0.05, 0) is 49.8 Å². The quantitative estimate of drug-likeness (QED) is 0.582. The van der Waals surface area contributed by atoms with Crippen LogP contribution in [0.2, 0.25) is 5.02 Å². The maximum Gasteiger partial charge on any atom is 0.314 e. The third-order valence-electron chi connectivity index (χ3n) is 6.73. The Balaban J connectivity index is 1.45. The van der Waals surface area contributed by atoms with Crippen LogP contribution >= 0.6 is 11.6 Å². The normalized spacial score (nSPS) is 26.9. The lowest BCUT2D eigenvalue weighted by Gasteiger charge is -2.46. The van der Waals surface area contributed by atoms with Gasteiger partial charge in [-0.15, -0.1) is 0 Å². The number of morpholine rings is 1. The number of hydrogen-bond donors (Lipinski definition) is 0. The molecule has 10 heteroatoms. The first kappa shape index (κ1) is 24.4. The number of aryl methyl sites for hydroxylation is 1. The first-order chi connectivity index (χ1) is 15.7. The second-order valence-electron chi connectivity index (χ2n) is 9.31. The minimum Gasteiger partial charge on any atom is -0.467 e. The predicted molar refractivity (Wildman–Crippen MR) is 128 cm³/mol. The Morgan fingerprint density at radius 2 is 1.88 bits per heavy atom. The van der Waals surface area contributed by atoms with Gasteiger partial charge >= 0.3 is 6.01 Å².